The van der Waals surface area contributed by atoms with E-state index in [0.717, 1.165) is 38.8 Å². The number of aromatic amines is 2. The lowest BCUT2D eigenvalue weighted by atomic mass is 9.99. The minimum atomic E-state index is -0.166. The van der Waals surface area contributed by atoms with Crippen molar-refractivity contribution in [2.45, 2.75) is 6.42 Å². The molecule has 0 saturated heterocycles. The van der Waals surface area contributed by atoms with Crippen molar-refractivity contribution in [2.75, 3.05) is 5.73 Å². The fourth-order valence-electron chi connectivity index (χ4n) is 3.57. The zero-order valence-electron chi connectivity index (χ0n) is 14.9. The van der Waals surface area contributed by atoms with Crippen molar-refractivity contribution in [2.24, 2.45) is 0 Å². The molecule has 0 bridgehead atoms. The number of hydrogen-bond acceptors (Lipinski definition) is 4. The van der Waals surface area contributed by atoms with Crippen molar-refractivity contribution in [3.05, 3.63) is 88.3 Å². The van der Waals surface area contributed by atoms with Gasteiger partial charge < -0.3 is 10.7 Å². The van der Waals surface area contributed by atoms with E-state index in [-0.39, 0.29) is 5.56 Å². The van der Waals surface area contributed by atoms with Crippen LogP contribution in [0.25, 0.3) is 32.9 Å². The third kappa shape index (κ3) is 2.81. The highest BCUT2D eigenvalue weighted by atomic mass is 16.1. The smallest absolute Gasteiger partial charge is 0.272 e. The van der Waals surface area contributed by atoms with E-state index in [1.807, 2.05) is 48.5 Å². The molecule has 3 aromatic carbocycles. The first kappa shape index (κ1) is 16.3. The van der Waals surface area contributed by atoms with Crippen LogP contribution in [0.2, 0.25) is 0 Å². The van der Waals surface area contributed by atoms with E-state index in [1.165, 1.54) is 0 Å². The molecule has 0 spiro atoms. The summed E-state index contributed by atoms with van der Waals surface area (Å²) in [5, 5.41) is 8.43. The maximum absolute atomic E-state index is 12.0. The van der Waals surface area contributed by atoms with Gasteiger partial charge in [-0.15, -0.1) is 0 Å². The van der Waals surface area contributed by atoms with E-state index in [9.17, 15) is 4.79 Å². The number of H-pyrrole nitrogens is 2. The van der Waals surface area contributed by atoms with Crippen LogP contribution >= 0.6 is 0 Å². The van der Waals surface area contributed by atoms with E-state index in [2.05, 4.69) is 38.4 Å². The predicted molar refractivity (Wildman–Crippen MR) is 111 cm³/mol. The Hall–Kier alpha value is -3.93. The van der Waals surface area contributed by atoms with Crippen LogP contribution in [0, 0.1) is 0 Å². The molecule has 6 heteroatoms. The van der Waals surface area contributed by atoms with Gasteiger partial charge in [-0.3, -0.25) is 4.79 Å². The van der Waals surface area contributed by atoms with Crippen molar-refractivity contribution >= 4 is 27.8 Å². The van der Waals surface area contributed by atoms with E-state index in [4.69, 9.17) is 5.73 Å². The number of anilines is 1. The van der Waals surface area contributed by atoms with Crippen LogP contribution in [0.1, 0.15) is 11.3 Å². The molecular formula is C22H17N5O. The number of benzene rings is 3. The Balaban J connectivity index is 1.54. The van der Waals surface area contributed by atoms with Crippen LogP contribution in [0.4, 0.5) is 5.95 Å². The van der Waals surface area contributed by atoms with Crippen molar-refractivity contribution in [1.29, 1.82) is 0 Å². The standard InChI is InChI=1S/C22H17N5O/c23-22-24-18-9-8-15(12-20(18)25-22)14-5-3-4-13(10-14)11-19-16-6-1-2-7-17(16)21(28)27-26-19/h1-10,12H,11H2,(H,27,28)(H3,23,24,25). The Morgan fingerprint density at radius 3 is 2.61 bits per heavy atom. The molecule has 0 saturated carbocycles. The number of imidazole rings is 1. The van der Waals surface area contributed by atoms with Crippen molar-refractivity contribution in [3.8, 4) is 11.1 Å². The lowest BCUT2D eigenvalue weighted by Gasteiger charge is -2.08. The Morgan fingerprint density at radius 1 is 0.893 bits per heavy atom. The molecule has 6 nitrogen and oxygen atoms in total. The average molecular weight is 367 g/mol. The Labute approximate surface area is 160 Å². The van der Waals surface area contributed by atoms with Crippen LogP contribution in [-0.2, 0) is 6.42 Å². The normalized spacial score (nSPS) is 11.3. The second-order valence-electron chi connectivity index (χ2n) is 6.78. The van der Waals surface area contributed by atoms with E-state index in [1.54, 1.807) is 0 Å². The maximum Gasteiger partial charge on any atom is 0.272 e. The number of aromatic nitrogens is 4. The van der Waals surface area contributed by atoms with Gasteiger partial charge in [-0.2, -0.15) is 5.10 Å². The van der Waals surface area contributed by atoms with E-state index >= 15 is 0 Å². The summed E-state index contributed by atoms with van der Waals surface area (Å²) in [5.74, 6) is 0.414. The van der Waals surface area contributed by atoms with Gasteiger partial charge in [-0.25, -0.2) is 10.1 Å². The summed E-state index contributed by atoms with van der Waals surface area (Å²) < 4.78 is 0. The summed E-state index contributed by atoms with van der Waals surface area (Å²) in [6, 6.07) is 21.9. The second-order valence-corrected chi connectivity index (χ2v) is 6.78. The summed E-state index contributed by atoms with van der Waals surface area (Å²) in [7, 11) is 0. The minimum Gasteiger partial charge on any atom is -0.369 e. The molecule has 0 amide bonds. The number of nitrogens with two attached hydrogens (primary N) is 1. The fourth-order valence-corrected chi connectivity index (χ4v) is 3.57. The zero-order valence-corrected chi connectivity index (χ0v) is 14.9. The van der Waals surface area contributed by atoms with Gasteiger partial charge in [0.15, 0.2) is 5.95 Å². The van der Waals surface area contributed by atoms with Crippen LogP contribution in [-0.4, -0.2) is 20.2 Å². The fraction of sp³-hybridized carbons (Fsp3) is 0.0455. The molecule has 2 heterocycles. The van der Waals surface area contributed by atoms with Gasteiger partial charge in [0.25, 0.3) is 5.56 Å². The number of nitrogen functional groups attached to an aromatic ring is 1. The summed E-state index contributed by atoms with van der Waals surface area (Å²) in [4.78, 5) is 19.3. The minimum absolute atomic E-state index is 0.166. The van der Waals surface area contributed by atoms with Gasteiger partial charge in [0.2, 0.25) is 0 Å². The lowest BCUT2D eigenvalue weighted by molar-refractivity contribution is 0.934. The third-order valence-corrected chi connectivity index (χ3v) is 4.91. The van der Waals surface area contributed by atoms with Crippen molar-refractivity contribution in [1.82, 2.24) is 20.2 Å². The quantitative estimate of drug-likeness (QED) is 0.453. The van der Waals surface area contributed by atoms with Crippen LogP contribution in [0.3, 0.4) is 0 Å². The number of nitrogens with zero attached hydrogens (tertiary/aromatic N) is 2. The molecule has 5 rings (SSSR count). The monoisotopic (exact) mass is 367 g/mol. The van der Waals surface area contributed by atoms with E-state index in [0.29, 0.717) is 17.8 Å². The molecule has 0 atom stereocenters. The first-order valence-electron chi connectivity index (χ1n) is 8.98. The number of rotatable bonds is 3. The van der Waals surface area contributed by atoms with Gasteiger partial charge in [-0.05, 0) is 34.9 Å². The largest absolute Gasteiger partial charge is 0.369 e. The summed E-state index contributed by atoms with van der Waals surface area (Å²) in [5.41, 5.74) is 11.5. The molecular weight excluding hydrogens is 350 g/mol. The van der Waals surface area contributed by atoms with Crippen molar-refractivity contribution < 1.29 is 0 Å². The highest BCUT2D eigenvalue weighted by molar-refractivity contribution is 5.84. The summed E-state index contributed by atoms with van der Waals surface area (Å²) in [6.45, 7) is 0. The SMILES string of the molecule is Nc1nc2ccc(-c3cccc(Cc4n[nH]c(=O)c5ccccc45)c3)cc2[nH]1. The molecule has 0 radical (unpaired) electrons. The summed E-state index contributed by atoms with van der Waals surface area (Å²) >= 11 is 0. The van der Waals surface area contributed by atoms with Gasteiger partial charge in [0, 0.05) is 11.8 Å². The molecule has 0 aliphatic heterocycles. The van der Waals surface area contributed by atoms with Gasteiger partial charge in [0.1, 0.15) is 0 Å². The number of nitrogens with one attached hydrogen (secondary N) is 2. The predicted octanol–water partition coefficient (Wildman–Crippen LogP) is 3.64. The Kier molecular flexibility index (Phi) is 3.69. The first-order chi connectivity index (χ1) is 13.7. The Morgan fingerprint density at radius 2 is 1.71 bits per heavy atom. The highest BCUT2D eigenvalue weighted by Crippen LogP contribution is 2.26. The molecule has 5 aromatic rings. The van der Waals surface area contributed by atoms with Crippen LogP contribution in [0.5, 0.6) is 0 Å². The average Bonchev–Trinajstić information content (AvgIpc) is 3.10. The summed E-state index contributed by atoms with van der Waals surface area (Å²) in [6.07, 6.45) is 0.629. The third-order valence-electron chi connectivity index (χ3n) is 4.91. The Bertz CT molecular complexity index is 1380. The zero-order chi connectivity index (χ0) is 19.1. The maximum atomic E-state index is 12.0. The van der Waals surface area contributed by atoms with Crippen molar-refractivity contribution in [3.63, 3.8) is 0 Å². The first-order valence-corrected chi connectivity index (χ1v) is 8.98. The number of fused-ring (bicyclic) bond motifs is 2. The van der Waals surface area contributed by atoms with E-state index < -0.39 is 0 Å². The van der Waals surface area contributed by atoms with Crippen LogP contribution in [0.15, 0.2) is 71.5 Å². The molecule has 0 aliphatic rings. The van der Waals surface area contributed by atoms with Gasteiger partial charge in [-0.1, -0.05) is 48.5 Å². The molecule has 0 aliphatic carbocycles. The van der Waals surface area contributed by atoms with Gasteiger partial charge in [0.05, 0.1) is 22.1 Å². The lowest BCUT2D eigenvalue weighted by Crippen LogP contribution is -2.11. The molecule has 136 valence electrons. The molecule has 2 aromatic heterocycles. The molecule has 0 unspecified atom stereocenters. The molecule has 0 fully saturated rings. The van der Waals surface area contributed by atoms with Crippen LogP contribution < -0.4 is 11.3 Å². The second kappa shape index (κ2) is 6.35. The molecule has 4 N–H and O–H groups in total. The number of hydrogen-bond donors (Lipinski definition) is 3. The topological polar surface area (TPSA) is 100 Å². The molecule has 28 heavy (non-hydrogen) atoms. The highest BCUT2D eigenvalue weighted by Gasteiger charge is 2.08. The van der Waals surface area contributed by atoms with Gasteiger partial charge >= 0.3 is 0 Å².